The summed E-state index contributed by atoms with van der Waals surface area (Å²) < 4.78 is 5.76. The average Bonchev–Trinajstić information content (AvgIpc) is 2.66. The highest BCUT2D eigenvalue weighted by Crippen LogP contribution is 2.14. The summed E-state index contributed by atoms with van der Waals surface area (Å²) in [6.45, 7) is 1.07. The van der Waals surface area contributed by atoms with Crippen LogP contribution in [0, 0.1) is 11.3 Å². The zero-order chi connectivity index (χ0) is 16.6. The van der Waals surface area contributed by atoms with Crippen molar-refractivity contribution in [1.29, 1.82) is 5.26 Å². The molecule has 0 saturated carbocycles. The lowest BCUT2D eigenvalue weighted by atomic mass is 10.1. The largest absolute Gasteiger partial charge is 0.489 e. The predicted molar refractivity (Wildman–Crippen MR) is 91.3 cm³/mol. The second kappa shape index (κ2) is 7.75. The minimum absolute atomic E-state index is 0.293. The number of para-hydroxylation sites is 1. The third-order valence-electron chi connectivity index (χ3n) is 3.40. The van der Waals surface area contributed by atoms with Crippen LogP contribution in [0.4, 0.5) is 5.82 Å². The van der Waals surface area contributed by atoms with E-state index < -0.39 is 0 Å². The standard InChI is InChI=1S/C19H16N4O/c20-12-18-19(22-10-9-21-18)23-13-15-5-4-6-16(11-15)14-24-17-7-2-1-3-8-17/h1-11H,13-14H2,(H,22,23). The Kier molecular flexibility index (Phi) is 5.00. The molecule has 1 N–H and O–H groups in total. The van der Waals surface area contributed by atoms with Crippen LogP contribution in [0.2, 0.25) is 0 Å². The van der Waals surface area contributed by atoms with E-state index in [0.29, 0.717) is 24.7 Å². The Morgan fingerprint density at radius 3 is 2.58 bits per heavy atom. The molecule has 0 atom stereocenters. The normalized spacial score (nSPS) is 9.96. The molecule has 0 amide bonds. The third kappa shape index (κ3) is 4.08. The molecule has 0 aliphatic heterocycles. The molecular formula is C19H16N4O. The molecule has 3 rings (SSSR count). The van der Waals surface area contributed by atoms with Gasteiger partial charge in [-0.05, 0) is 23.3 Å². The fourth-order valence-electron chi connectivity index (χ4n) is 2.25. The number of nitriles is 1. The van der Waals surface area contributed by atoms with Crippen molar-refractivity contribution in [3.8, 4) is 11.8 Å². The predicted octanol–water partition coefficient (Wildman–Crippen LogP) is 3.54. The van der Waals surface area contributed by atoms with E-state index in [-0.39, 0.29) is 0 Å². The van der Waals surface area contributed by atoms with E-state index in [4.69, 9.17) is 10.00 Å². The van der Waals surface area contributed by atoms with Gasteiger partial charge < -0.3 is 10.1 Å². The Balaban J connectivity index is 1.62. The smallest absolute Gasteiger partial charge is 0.182 e. The van der Waals surface area contributed by atoms with Crippen LogP contribution in [-0.4, -0.2) is 9.97 Å². The van der Waals surface area contributed by atoms with Crippen molar-refractivity contribution in [1.82, 2.24) is 9.97 Å². The molecule has 24 heavy (non-hydrogen) atoms. The first kappa shape index (κ1) is 15.5. The van der Waals surface area contributed by atoms with Gasteiger partial charge in [0.05, 0.1) is 0 Å². The number of rotatable bonds is 6. The number of aromatic nitrogens is 2. The molecule has 0 saturated heterocycles. The van der Waals surface area contributed by atoms with Crippen LogP contribution in [0.25, 0.3) is 0 Å². The van der Waals surface area contributed by atoms with Crippen molar-refractivity contribution in [2.24, 2.45) is 0 Å². The Morgan fingerprint density at radius 2 is 1.75 bits per heavy atom. The molecule has 118 valence electrons. The molecule has 3 aromatic rings. The Hall–Kier alpha value is -3.39. The van der Waals surface area contributed by atoms with Gasteiger partial charge in [0.2, 0.25) is 0 Å². The second-order valence-electron chi connectivity index (χ2n) is 5.14. The summed E-state index contributed by atoms with van der Waals surface area (Å²) in [6, 6.07) is 19.8. The molecular weight excluding hydrogens is 300 g/mol. The van der Waals surface area contributed by atoms with Crippen molar-refractivity contribution < 1.29 is 4.74 Å². The maximum Gasteiger partial charge on any atom is 0.182 e. The topological polar surface area (TPSA) is 70.8 Å². The van der Waals surface area contributed by atoms with Gasteiger partial charge in [0.1, 0.15) is 18.4 Å². The first-order chi connectivity index (χ1) is 11.8. The summed E-state index contributed by atoms with van der Waals surface area (Å²) in [6.07, 6.45) is 3.07. The second-order valence-corrected chi connectivity index (χ2v) is 5.14. The molecule has 0 aliphatic rings. The first-order valence-corrected chi connectivity index (χ1v) is 7.56. The van der Waals surface area contributed by atoms with E-state index in [0.717, 1.165) is 16.9 Å². The van der Waals surface area contributed by atoms with Crippen LogP contribution in [0.3, 0.4) is 0 Å². The summed E-state index contributed by atoms with van der Waals surface area (Å²) in [5.41, 5.74) is 2.46. The van der Waals surface area contributed by atoms with Crippen molar-refractivity contribution in [3.63, 3.8) is 0 Å². The van der Waals surface area contributed by atoms with Crippen LogP contribution in [0.1, 0.15) is 16.8 Å². The molecule has 0 bridgehead atoms. The molecule has 0 fully saturated rings. The molecule has 2 aromatic carbocycles. The lowest BCUT2D eigenvalue weighted by Gasteiger charge is -2.09. The van der Waals surface area contributed by atoms with Crippen molar-refractivity contribution in [2.75, 3.05) is 5.32 Å². The molecule has 1 aromatic heterocycles. The SMILES string of the molecule is N#Cc1nccnc1NCc1cccc(COc2ccccc2)c1. The van der Waals surface area contributed by atoms with Gasteiger partial charge in [0.15, 0.2) is 11.5 Å². The minimum Gasteiger partial charge on any atom is -0.489 e. The summed E-state index contributed by atoms with van der Waals surface area (Å²) in [5, 5.41) is 12.2. The van der Waals surface area contributed by atoms with Crippen LogP contribution in [0.15, 0.2) is 67.0 Å². The maximum atomic E-state index is 9.03. The summed E-state index contributed by atoms with van der Waals surface area (Å²) in [7, 11) is 0. The highest BCUT2D eigenvalue weighted by Gasteiger charge is 2.04. The zero-order valence-electron chi connectivity index (χ0n) is 13.0. The first-order valence-electron chi connectivity index (χ1n) is 7.56. The molecule has 5 heteroatoms. The van der Waals surface area contributed by atoms with E-state index in [9.17, 15) is 0 Å². The number of hydrogen-bond acceptors (Lipinski definition) is 5. The quantitative estimate of drug-likeness (QED) is 0.753. The molecule has 0 aliphatic carbocycles. The number of benzene rings is 2. The van der Waals surface area contributed by atoms with Crippen molar-refractivity contribution >= 4 is 5.82 Å². The molecule has 1 heterocycles. The van der Waals surface area contributed by atoms with E-state index >= 15 is 0 Å². The maximum absolute atomic E-state index is 9.03. The van der Waals surface area contributed by atoms with Gasteiger partial charge in [-0.25, -0.2) is 9.97 Å². The van der Waals surface area contributed by atoms with E-state index in [1.54, 1.807) is 6.20 Å². The van der Waals surface area contributed by atoms with Gasteiger partial charge >= 0.3 is 0 Å². The van der Waals surface area contributed by atoms with Crippen LogP contribution in [-0.2, 0) is 13.2 Å². The van der Waals surface area contributed by atoms with Crippen LogP contribution in [0.5, 0.6) is 5.75 Å². The monoisotopic (exact) mass is 316 g/mol. The van der Waals surface area contributed by atoms with Crippen molar-refractivity contribution in [3.05, 3.63) is 83.8 Å². The summed E-state index contributed by atoms with van der Waals surface area (Å²) in [4.78, 5) is 8.13. The Bertz CT molecular complexity index is 843. The third-order valence-corrected chi connectivity index (χ3v) is 3.40. The van der Waals surface area contributed by atoms with Gasteiger partial charge in [0.25, 0.3) is 0 Å². The van der Waals surface area contributed by atoms with Crippen molar-refractivity contribution in [2.45, 2.75) is 13.2 Å². The summed E-state index contributed by atoms with van der Waals surface area (Å²) >= 11 is 0. The highest BCUT2D eigenvalue weighted by molar-refractivity contribution is 5.47. The number of nitrogens with zero attached hydrogens (tertiary/aromatic N) is 3. The Morgan fingerprint density at radius 1 is 0.958 bits per heavy atom. The molecule has 5 nitrogen and oxygen atoms in total. The van der Waals surface area contributed by atoms with Crippen LogP contribution < -0.4 is 10.1 Å². The summed E-state index contributed by atoms with van der Waals surface area (Å²) in [5.74, 6) is 1.34. The minimum atomic E-state index is 0.293. The number of nitrogens with one attached hydrogen (secondary N) is 1. The van der Waals surface area contributed by atoms with Gasteiger partial charge in [0, 0.05) is 18.9 Å². The zero-order valence-corrected chi connectivity index (χ0v) is 13.0. The fourth-order valence-corrected chi connectivity index (χ4v) is 2.25. The van der Waals surface area contributed by atoms with Gasteiger partial charge in [-0.1, -0.05) is 42.5 Å². The number of hydrogen-bond donors (Lipinski definition) is 1. The van der Waals surface area contributed by atoms with Gasteiger partial charge in [-0.2, -0.15) is 5.26 Å². The lowest BCUT2D eigenvalue weighted by Crippen LogP contribution is -2.05. The van der Waals surface area contributed by atoms with Crippen LogP contribution >= 0.6 is 0 Å². The molecule has 0 radical (unpaired) electrons. The number of anilines is 1. The Labute approximate surface area is 140 Å². The lowest BCUT2D eigenvalue weighted by molar-refractivity contribution is 0.306. The van der Waals surface area contributed by atoms with E-state index in [2.05, 4.69) is 21.4 Å². The average molecular weight is 316 g/mol. The fraction of sp³-hybridized carbons (Fsp3) is 0.105. The molecule has 0 spiro atoms. The van der Waals surface area contributed by atoms with E-state index in [1.807, 2.05) is 54.6 Å². The van der Waals surface area contributed by atoms with Gasteiger partial charge in [-0.15, -0.1) is 0 Å². The molecule has 0 unspecified atom stereocenters. The van der Waals surface area contributed by atoms with Gasteiger partial charge in [-0.3, -0.25) is 0 Å². The highest BCUT2D eigenvalue weighted by atomic mass is 16.5. The van der Waals surface area contributed by atoms with E-state index in [1.165, 1.54) is 6.20 Å². The number of ether oxygens (including phenoxy) is 1.